The van der Waals surface area contributed by atoms with E-state index in [2.05, 4.69) is 5.32 Å². The lowest BCUT2D eigenvalue weighted by molar-refractivity contribution is -0.160. The van der Waals surface area contributed by atoms with Crippen LogP contribution < -0.4 is 5.32 Å². The van der Waals surface area contributed by atoms with Crippen molar-refractivity contribution in [3.05, 3.63) is 0 Å². The Morgan fingerprint density at radius 2 is 1.80 bits per heavy atom. The van der Waals surface area contributed by atoms with Crippen LogP contribution in [-0.2, 0) is 19.4 Å². The molecule has 146 valence electrons. The molecule has 0 bridgehead atoms. The fourth-order valence-corrected chi connectivity index (χ4v) is 6.15. The molecular weight excluding hydrogens is 338 g/mol. The first kappa shape index (κ1) is 20.7. The Labute approximate surface area is 153 Å². The maximum Gasteiger partial charge on any atom is 0.310 e. The fraction of sp³-hybridized carbons (Fsp3) is 0.947. The molecule has 1 saturated carbocycles. The van der Waals surface area contributed by atoms with Crippen LogP contribution in [0.4, 0.5) is 0 Å². The molecular formula is C19H35NO4S. The zero-order valence-electron chi connectivity index (χ0n) is 16.4. The number of carbonyl (C=O) groups is 1. The van der Waals surface area contributed by atoms with Crippen LogP contribution >= 0.6 is 0 Å². The molecule has 2 atom stereocenters. The Kier molecular flexibility index (Phi) is 6.25. The van der Waals surface area contributed by atoms with Gasteiger partial charge in [0, 0.05) is 12.1 Å². The molecule has 1 aliphatic heterocycles. The van der Waals surface area contributed by atoms with E-state index in [1.54, 1.807) is 0 Å². The molecule has 2 fully saturated rings. The van der Waals surface area contributed by atoms with Gasteiger partial charge in [-0.15, -0.1) is 0 Å². The van der Waals surface area contributed by atoms with Gasteiger partial charge in [0.05, 0.1) is 16.9 Å². The predicted octanol–water partition coefficient (Wildman–Crippen LogP) is 3.08. The Hall–Kier alpha value is -0.620. The molecule has 0 aromatic heterocycles. The van der Waals surface area contributed by atoms with Gasteiger partial charge in [-0.25, -0.2) is 8.42 Å². The lowest BCUT2D eigenvalue weighted by Gasteiger charge is -2.38. The van der Waals surface area contributed by atoms with Gasteiger partial charge in [-0.1, -0.05) is 26.7 Å². The SMILES string of the molecule is CC(C)C(CS(=O)(=O)C1CCC2(CCCC2)NC1)C(=O)OC(C)(C)C. The van der Waals surface area contributed by atoms with Crippen LogP contribution in [0.25, 0.3) is 0 Å². The van der Waals surface area contributed by atoms with E-state index < -0.39 is 27.3 Å². The van der Waals surface area contributed by atoms with Crippen molar-refractivity contribution < 1.29 is 17.9 Å². The van der Waals surface area contributed by atoms with Gasteiger partial charge in [0.1, 0.15) is 5.60 Å². The third-order valence-corrected chi connectivity index (χ3v) is 7.89. The normalized spacial score (nSPS) is 25.3. The second kappa shape index (κ2) is 7.55. The van der Waals surface area contributed by atoms with Crippen LogP contribution in [0, 0.1) is 11.8 Å². The lowest BCUT2D eigenvalue weighted by Crippen LogP contribution is -2.53. The van der Waals surface area contributed by atoms with Gasteiger partial charge in [0.2, 0.25) is 0 Å². The van der Waals surface area contributed by atoms with E-state index >= 15 is 0 Å². The summed E-state index contributed by atoms with van der Waals surface area (Å²) in [5.41, 5.74) is -0.427. The summed E-state index contributed by atoms with van der Waals surface area (Å²) >= 11 is 0. The lowest BCUT2D eigenvalue weighted by atomic mass is 9.87. The number of esters is 1. The van der Waals surface area contributed by atoms with Crippen LogP contribution in [-0.4, -0.2) is 43.1 Å². The number of hydrogen-bond acceptors (Lipinski definition) is 5. The molecule has 0 aromatic rings. The molecule has 2 aliphatic rings. The largest absolute Gasteiger partial charge is 0.460 e. The second-order valence-corrected chi connectivity index (χ2v) is 11.6. The summed E-state index contributed by atoms with van der Waals surface area (Å²) in [6, 6.07) is 0. The minimum atomic E-state index is -3.34. The van der Waals surface area contributed by atoms with Gasteiger partial charge < -0.3 is 10.1 Å². The summed E-state index contributed by atoms with van der Waals surface area (Å²) < 4.78 is 31.3. The number of carbonyl (C=O) groups excluding carboxylic acids is 1. The second-order valence-electron chi connectivity index (χ2n) is 9.24. The summed E-state index contributed by atoms with van der Waals surface area (Å²) in [6.07, 6.45) is 6.42. The summed E-state index contributed by atoms with van der Waals surface area (Å²) in [5.74, 6) is -1.19. The zero-order valence-corrected chi connectivity index (χ0v) is 17.2. The topological polar surface area (TPSA) is 72.5 Å². The quantitative estimate of drug-likeness (QED) is 0.750. The average molecular weight is 374 g/mol. The van der Waals surface area contributed by atoms with Crippen LogP contribution in [0.15, 0.2) is 0 Å². The smallest absolute Gasteiger partial charge is 0.310 e. The molecule has 2 rings (SSSR count). The highest BCUT2D eigenvalue weighted by molar-refractivity contribution is 7.92. The third-order valence-electron chi connectivity index (χ3n) is 5.64. The Morgan fingerprint density at radius 3 is 2.24 bits per heavy atom. The van der Waals surface area contributed by atoms with Crippen LogP contribution in [0.5, 0.6) is 0 Å². The van der Waals surface area contributed by atoms with Gasteiger partial charge in [0.15, 0.2) is 9.84 Å². The minimum Gasteiger partial charge on any atom is -0.460 e. The number of piperidine rings is 1. The highest BCUT2D eigenvalue weighted by atomic mass is 32.2. The molecule has 2 unspecified atom stereocenters. The van der Waals surface area contributed by atoms with E-state index in [0.29, 0.717) is 13.0 Å². The first-order valence-electron chi connectivity index (χ1n) is 9.64. The molecule has 25 heavy (non-hydrogen) atoms. The van der Waals surface area contributed by atoms with E-state index in [1.165, 1.54) is 12.8 Å². The van der Waals surface area contributed by atoms with Crippen LogP contribution in [0.3, 0.4) is 0 Å². The molecule has 5 nitrogen and oxygen atoms in total. The number of ether oxygens (including phenoxy) is 1. The van der Waals surface area contributed by atoms with Crippen LogP contribution in [0.2, 0.25) is 0 Å². The maximum absolute atomic E-state index is 12.9. The summed E-state index contributed by atoms with van der Waals surface area (Å²) in [7, 11) is -3.34. The van der Waals surface area contributed by atoms with Gasteiger partial charge in [-0.2, -0.15) is 0 Å². The summed E-state index contributed by atoms with van der Waals surface area (Å²) in [4.78, 5) is 12.5. The van der Waals surface area contributed by atoms with Gasteiger partial charge in [-0.3, -0.25) is 4.79 Å². The number of rotatable bonds is 5. The monoisotopic (exact) mass is 373 g/mol. The van der Waals surface area contributed by atoms with Crippen molar-refractivity contribution in [1.82, 2.24) is 5.32 Å². The number of nitrogens with one attached hydrogen (secondary N) is 1. The van der Waals surface area contributed by atoms with E-state index in [1.807, 2.05) is 34.6 Å². The van der Waals surface area contributed by atoms with E-state index in [0.717, 1.165) is 19.3 Å². The summed E-state index contributed by atoms with van der Waals surface area (Å²) in [6.45, 7) is 9.71. The standard InChI is InChI=1S/C19H35NO4S/c1-14(2)16(17(21)24-18(3,4)5)13-25(22,23)15-8-11-19(20-12-15)9-6-7-10-19/h14-16,20H,6-13H2,1-5H3. The van der Waals surface area contributed by atoms with Crippen molar-refractivity contribution in [3.63, 3.8) is 0 Å². The molecule has 1 N–H and O–H groups in total. The van der Waals surface area contributed by atoms with Crippen molar-refractivity contribution in [2.45, 2.75) is 89.5 Å². The molecule has 0 aromatic carbocycles. The van der Waals surface area contributed by atoms with Gasteiger partial charge in [0.25, 0.3) is 0 Å². The van der Waals surface area contributed by atoms with Crippen molar-refractivity contribution >= 4 is 15.8 Å². The number of sulfone groups is 1. The molecule has 1 saturated heterocycles. The van der Waals surface area contributed by atoms with E-state index in [9.17, 15) is 13.2 Å². The van der Waals surface area contributed by atoms with E-state index in [-0.39, 0.29) is 22.5 Å². The highest BCUT2D eigenvalue weighted by Crippen LogP contribution is 2.37. The molecule has 0 amide bonds. The van der Waals surface area contributed by atoms with Crippen molar-refractivity contribution in [2.75, 3.05) is 12.3 Å². The van der Waals surface area contributed by atoms with Gasteiger partial charge >= 0.3 is 5.97 Å². The molecule has 1 spiro atoms. The molecule has 1 aliphatic carbocycles. The summed E-state index contributed by atoms with van der Waals surface area (Å²) in [5, 5.41) is 3.14. The highest BCUT2D eigenvalue weighted by Gasteiger charge is 2.42. The Morgan fingerprint density at radius 1 is 1.20 bits per heavy atom. The van der Waals surface area contributed by atoms with Gasteiger partial charge in [-0.05, 0) is 52.4 Å². The molecule has 1 heterocycles. The maximum atomic E-state index is 12.9. The molecule has 0 radical (unpaired) electrons. The van der Waals surface area contributed by atoms with E-state index in [4.69, 9.17) is 4.74 Å². The predicted molar refractivity (Wildman–Crippen MR) is 100 cm³/mol. The Bertz CT molecular complexity index is 561. The number of hydrogen-bond donors (Lipinski definition) is 1. The van der Waals surface area contributed by atoms with Crippen molar-refractivity contribution in [3.8, 4) is 0 Å². The van der Waals surface area contributed by atoms with Crippen LogP contribution in [0.1, 0.15) is 73.1 Å². The average Bonchev–Trinajstić information content (AvgIpc) is 2.91. The fourth-order valence-electron chi connectivity index (χ4n) is 4.04. The Balaban J connectivity index is 2.01. The molecule has 6 heteroatoms. The van der Waals surface area contributed by atoms with Crippen molar-refractivity contribution in [1.29, 1.82) is 0 Å². The zero-order chi connectivity index (χ0) is 18.9. The first-order chi connectivity index (χ1) is 11.4. The minimum absolute atomic E-state index is 0.0673. The third kappa shape index (κ3) is 5.43. The van der Waals surface area contributed by atoms with Crippen molar-refractivity contribution in [2.24, 2.45) is 11.8 Å². The first-order valence-corrected chi connectivity index (χ1v) is 11.4.